The fourth-order valence-electron chi connectivity index (χ4n) is 1.81. The molecule has 1 atom stereocenters. The molecule has 0 bridgehead atoms. The van der Waals surface area contributed by atoms with E-state index < -0.39 is 23.5 Å². The summed E-state index contributed by atoms with van der Waals surface area (Å²) in [7, 11) is 1.42. The van der Waals surface area contributed by atoms with Crippen LogP contribution in [0.4, 0.5) is 8.78 Å². The number of aliphatic hydroxyl groups excluding tert-OH is 1. The largest absolute Gasteiger partial charge is 0.497 e. The first-order valence-corrected chi connectivity index (χ1v) is 7.40. The molecule has 1 aromatic heterocycles. The van der Waals surface area contributed by atoms with Crippen LogP contribution in [0.5, 0.6) is 5.75 Å². The van der Waals surface area contributed by atoms with Gasteiger partial charge in [-0.05, 0) is 46.7 Å². The van der Waals surface area contributed by atoms with Gasteiger partial charge in [0.1, 0.15) is 5.75 Å². The number of hydrogen-bond acceptors (Lipinski definition) is 4. The second-order valence-electron chi connectivity index (χ2n) is 4.59. The molecule has 0 saturated carbocycles. The minimum Gasteiger partial charge on any atom is -0.497 e. The summed E-state index contributed by atoms with van der Waals surface area (Å²) in [5, 5.41) is 15.3. The SMILES string of the molecule is COc1ccc(C(F)(F)C(=O)NCC(O)c2ccsc2)cc1. The molecule has 1 aromatic carbocycles. The molecule has 118 valence electrons. The van der Waals surface area contributed by atoms with E-state index in [1.54, 1.807) is 16.8 Å². The molecule has 1 amide bonds. The van der Waals surface area contributed by atoms with Gasteiger partial charge < -0.3 is 15.2 Å². The van der Waals surface area contributed by atoms with E-state index in [4.69, 9.17) is 4.74 Å². The van der Waals surface area contributed by atoms with E-state index >= 15 is 0 Å². The Morgan fingerprint density at radius 1 is 1.36 bits per heavy atom. The third kappa shape index (κ3) is 3.61. The zero-order chi connectivity index (χ0) is 16.2. The van der Waals surface area contributed by atoms with Gasteiger partial charge in [0, 0.05) is 12.1 Å². The summed E-state index contributed by atoms with van der Waals surface area (Å²) in [6.07, 6.45) is -1.01. The van der Waals surface area contributed by atoms with E-state index in [0.29, 0.717) is 11.3 Å². The zero-order valence-electron chi connectivity index (χ0n) is 11.8. The Morgan fingerprint density at radius 3 is 2.59 bits per heavy atom. The van der Waals surface area contributed by atoms with Crippen molar-refractivity contribution in [3.8, 4) is 5.75 Å². The standard InChI is InChI=1S/C15H15F2NO3S/c1-21-12-4-2-11(3-5-12)15(16,17)14(20)18-8-13(19)10-6-7-22-9-10/h2-7,9,13,19H,8H2,1H3,(H,18,20). The Kier molecular flexibility index (Phi) is 5.10. The maximum absolute atomic E-state index is 14.0. The lowest BCUT2D eigenvalue weighted by molar-refractivity contribution is -0.147. The number of halogens is 2. The first-order chi connectivity index (χ1) is 10.4. The lowest BCUT2D eigenvalue weighted by atomic mass is 10.1. The average Bonchev–Trinajstić information content (AvgIpc) is 3.06. The number of rotatable bonds is 6. The number of aliphatic hydroxyl groups is 1. The van der Waals surface area contributed by atoms with Crippen molar-refractivity contribution in [2.45, 2.75) is 12.0 Å². The molecular weight excluding hydrogens is 312 g/mol. The van der Waals surface area contributed by atoms with Crippen LogP contribution in [0, 0.1) is 0 Å². The first-order valence-electron chi connectivity index (χ1n) is 6.46. The predicted octanol–water partition coefficient (Wildman–Crippen LogP) is 2.70. The van der Waals surface area contributed by atoms with Crippen LogP contribution in [0.25, 0.3) is 0 Å². The summed E-state index contributed by atoms with van der Waals surface area (Å²) in [4.78, 5) is 11.7. The topological polar surface area (TPSA) is 58.6 Å². The Bertz CT molecular complexity index is 614. The van der Waals surface area contributed by atoms with Gasteiger partial charge in [-0.25, -0.2) is 0 Å². The summed E-state index contributed by atoms with van der Waals surface area (Å²) >= 11 is 1.38. The van der Waals surface area contributed by atoms with E-state index in [0.717, 1.165) is 12.1 Å². The van der Waals surface area contributed by atoms with Crippen LogP contribution in [0.2, 0.25) is 0 Å². The highest BCUT2D eigenvalue weighted by molar-refractivity contribution is 7.07. The van der Waals surface area contributed by atoms with Crippen molar-refractivity contribution in [3.05, 3.63) is 52.2 Å². The minimum absolute atomic E-state index is 0.276. The van der Waals surface area contributed by atoms with Crippen LogP contribution in [0.1, 0.15) is 17.2 Å². The van der Waals surface area contributed by atoms with E-state index in [1.165, 1.54) is 30.6 Å². The van der Waals surface area contributed by atoms with Gasteiger partial charge in [0.2, 0.25) is 0 Å². The van der Waals surface area contributed by atoms with E-state index in [1.807, 2.05) is 0 Å². The van der Waals surface area contributed by atoms with Crippen LogP contribution in [-0.4, -0.2) is 24.7 Å². The van der Waals surface area contributed by atoms with E-state index in [2.05, 4.69) is 5.32 Å². The Labute approximate surface area is 130 Å². The third-order valence-corrected chi connectivity index (χ3v) is 3.82. The molecule has 0 fully saturated rings. The summed E-state index contributed by atoms with van der Waals surface area (Å²) in [5.41, 5.74) is 0.147. The second kappa shape index (κ2) is 6.85. The van der Waals surface area contributed by atoms with Crippen molar-refractivity contribution >= 4 is 17.2 Å². The van der Waals surface area contributed by atoms with Crippen molar-refractivity contribution in [1.29, 1.82) is 0 Å². The van der Waals surface area contributed by atoms with Gasteiger partial charge >= 0.3 is 5.92 Å². The maximum Gasteiger partial charge on any atom is 0.349 e. The molecule has 2 aromatic rings. The van der Waals surface area contributed by atoms with Gasteiger partial charge in [-0.1, -0.05) is 0 Å². The molecule has 2 rings (SSSR count). The predicted molar refractivity (Wildman–Crippen MR) is 79.2 cm³/mol. The minimum atomic E-state index is -3.68. The summed E-state index contributed by atoms with van der Waals surface area (Å²) in [6.45, 7) is -0.276. The molecule has 1 heterocycles. The zero-order valence-corrected chi connectivity index (χ0v) is 12.6. The van der Waals surface area contributed by atoms with Crippen molar-refractivity contribution in [2.75, 3.05) is 13.7 Å². The molecule has 0 spiro atoms. The van der Waals surface area contributed by atoms with Gasteiger partial charge in [-0.15, -0.1) is 0 Å². The molecular formula is C15H15F2NO3S. The van der Waals surface area contributed by atoms with Crippen LogP contribution >= 0.6 is 11.3 Å². The van der Waals surface area contributed by atoms with Gasteiger partial charge in [0.05, 0.1) is 13.2 Å². The molecule has 0 radical (unpaired) electrons. The third-order valence-electron chi connectivity index (χ3n) is 3.12. The van der Waals surface area contributed by atoms with Crippen molar-refractivity contribution < 1.29 is 23.4 Å². The number of benzene rings is 1. The number of hydrogen-bond donors (Lipinski definition) is 2. The fourth-order valence-corrected chi connectivity index (χ4v) is 2.52. The highest BCUT2D eigenvalue weighted by atomic mass is 32.1. The average molecular weight is 327 g/mol. The van der Waals surface area contributed by atoms with E-state index in [-0.39, 0.29) is 6.54 Å². The van der Waals surface area contributed by atoms with Crippen LogP contribution in [0.15, 0.2) is 41.1 Å². The highest BCUT2D eigenvalue weighted by Gasteiger charge is 2.40. The molecule has 22 heavy (non-hydrogen) atoms. The van der Waals surface area contributed by atoms with Gasteiger partial charge in [0.15, 0.2) is 0 Å². The van der Waals surface area contributed by atoms with Crippen LogP contribution in [0.3, 0.4) is 0 Å². The lowest BCUT2D eigenvalue weighted by Crippen LogP contribution is -2.40. The van der Waals surface area contributed by atoms with Crippen molar-refractivity contribution in [1.82, 2.24) is 5.32 Å². The molecule has 4 nitrogen and oxygen atoms in total. The molecule has 2 N–H and O–H groups in total. The number of carbonyl (C=O) groups excluding carboxylic acids is 1. The smallest absolute Gasteiger partial charge is 0.349 e. The molecule has 7 heteroatoms. The Morgan fingerprint density at radius 2 is 2.05 bits per heavy atom. The van der Waals surface area contributed by atoms with Gasteiger partial charge in [-0.2, -0.15) is 20.1 Å². The number of thiophene rings is 1. The number of nitrogens with one attached hydrogen (secondary N) is 1. The quantitative estimate of drug-likeness (QED) is 0.858. The molecule has 0 saturated heterocycles. The highest BCUT2D eigenvalue weighted by Crippen LogP contribution is 2.29. The summed E-state index contributed by atoms with van der Waals surface area (Å²) < 4.78 is 33.0. The molecule has 0 aliphatic heterocycles. The molecule has 0 aliphatic carbocycles. The molecule has 0 aliphatic rings. The monoisotopic (exact) mass is 327 g/mol. The Balaban J connectivity index is 2.00. The number of ether oxygens (including phenoxy) is 1. The summed E-state index contributed by atoms with van der Waals surface area (Å²) in [5.74, 6) is -4.71. The van der Waals surface area contributed by atoms with Crippen molar-refractivity contribution in [3.63, 3.8) is 0 Å². The first kappa shape index (κ1) is 16.4. The number of alkyl halides is 2. The van der Waals surface area contributed by atoms with Crippen LogP contribution in [-0.2, 0) is 10.7 Å². The normalized spacial score (nSPS) is 12.7. The maximum atomic E-state index is 14.0. The summed E-state index contributed by atoms with van der Waals surface area (Å²) in [6, 6.07) is 6.65. The molecule has 1 unspecified atom stereocenters. The van der Waals surface area contributed by atoms with Crippen molar-refractivity contribution in [2.24, 2.45) is 0 Å². The van der Waals surface area contributed by atoms with E-state index in [9.17, 15) is 18.7 Å². The van der Waals surface area contributed by atoms with Gasteiger partial charge in [-0.3, -0.25) is 4.79 Å². The number of amides is 1. The van der Waals surface area contributed by atoms with Gasteiger partial charge in [0.25, 0.3) is 5.91 Å². The second-order valence-corrected chi connectivity index (χ2v) is 5.37. The lowest BCUT2D eigenvalue weighted by Gasteiger charge is -2.18. The number of carbonyl (C=O) groups is 1. The fraction of sp³-hybridized carbons (Fsp3) is 0.267. The van der Waals surface area contributed by atoms with Crippen LogP contribution < -0.4 is 10.1 Å². The number of methoxy groups -OCH3 is 1. The Hall–Kier alpha value is -1.99.